The highest BCUT2D eigenvalue weighted by Gasteiger charge is 2.18. The van der Waals surface area contributed by atoms with Gasteiger partial charge in [0.1, 0.15) is 0 Å². The maximum atomic E-state index is 8.71. The molecule has 16 heavy (non-hydrogen) atoms. The first kappa shape index (κ1) is 11.2. The van der Waals surface area contributed by atoms with Gasteiger partial charge >= 0.3 is 0 Å². The Morgan fingerprint density at radius 3 is 2.50 bits per heavy atom. The molecular formula is C14H18N2. The zero-order valence-electron chi connectivity index (χ0n) is 9.82. The molecule has 0 atom stereocenters. The topological polar surface area (TPSA) is 27.0 Å². The van der Waals surface area contributed by atoms with Crippen LogP contribution in [-0.2, 0) is 6.54 Å². The van der Waals surface area contributed by atoms with Gasteiger partial charge in [0, 0.05) is 13.1 Å². The highest BCUT2D eigenvalue weighted by atomic mass is 15.1. The van der Waals surface area contributed by atoms with E-state index in [-0.39, 0.29) is 0 Å². The van der Waals surface area contributed by atoms with Crippen LogP contribution in [0.2, 0.25) is 0 Å². The Labute approximate surface area is 97.5 Å². The predicted molar refractivity (Wildman–Crippen MR) is 64.8 cm³/mol. The second-order valence-electron chi connectivity index (χ2n) is 4.80. The van der Waals surface area contributed by atoms with E-state index in [2.05, 4.69) is 30.1 Å². The molecule has 1 aliphatic rings. The molecule has 0 aliphatic heterocycles. The Morgan fingerprint density at radius 2 is 2.00 bits per heavy atom. The molecule has 0 saturated heterocycles. The van der Waals surface area contributed by atoms with Gasteiger partial charge in [0.05, 0.1) is 11.6 Å². The van der Waals surface area contributed by atoms with Crippen LogP contribution in [-0.4, -0.2) is 18.5 Å². The van der Waals surface area contributed by atoms with E-state index in [0.717, 1.165) is 18.0 Å². The van der Waals surface area contributed by atoms with Crippen molar-refractivity contribution in [3.8, 4) is 6.07 Å². The molecule has 0 heterocycles. The Balaban J connectivity index is 1.85. The molecule has 0 bridgehead atoms. The van der Waals surface area contributed by atoms with Gasteiger partial charge in [-0.1, -0.05) is 18.6 Å². The van der Waals surface area contributed by atoms with Gasteiger partial charge in [-0.3, -0.25) is 0 Å². The van der Waals surface area contributed by atoms with Crippen molar-refractivity contribution in [1.82, 2.24) is 4.90 Å². The first-order valence-electron chi connectivity index (χ1n) is 5.95. The molecule has 0 unspecified atom stereocenters. The van der Waals surface area contributed by atoms with Crippen LogP contribution in [0.5, 0.6) is 0 Å². The first-order chi connectivity index (χ1) is 7.78. The van der Waals surface area contributed by atoms with Crippen LogP contribution in [0.4, 0.5) is 0 Å². The standard InChI is InChI=1S/C14H18N2/c1-16(10-13-3-2-4-13)11-14-7-5-12(9-15)6-8-14/h5-8,13H,2-4,10-11H2,1H3. The van der Waals surface area contributed by atoms with Gasteiger partial charge < -0.3 is 4.90 Å². The van der Waals surface area contributed by atoms with Crippen molar-refractivity contribution in [2.24, 2.45) is 5.92 Å². The monoisotopic (exact) mass is 214 g/mol. The molecule has 1 aromatic rings. The van der Waals surface area contributed by atoms with Crippen LogP contribution in [0.15, 0.2) is 24.3 Å². The minimum Gasteiger partial charge on any atom is -0.302 e. The molecule has 0 amide bonds. The van der Waals surface area contributed by atoms with E-state index in [1.165, 1.54) is 31.4 Å². The van der Waals surface area contributed by atoms with Crippen molar-refractivity contribution in [1.29, 1.82) is 5.26 Å². The van der Waals surface area contributed by atoms with Crippen LogP contribution in [0, 0.1) is 17.2 Å². The van der Waals surface area contributed by atoms with Gasteiger partial charge in [0.2, 0.25) is 0 Å². The minimum atomic E-state index is 0.741. The summed E-state index contributed by atoms with van der Waals surface area (Å²) in [5.74, 6) is 0.920. The third-order valence-electron chi connectivity index (χ3n) is 3.33. The average Bonchev–Trinajstić information content (AvgIpc) is 2.25. The van der Waals surface area contributed by atoms with Crippen molar-refractivity contribution in [2.45, 2.75) is 25.8 Å². The van der Waals surface area contributed by atoms with E-state index in [0.29, 0.717) is 0 Å². The molecule has 84 valence electrons. The Morgan fingerprint density at radius 1 is 1.31 bits per heavy atom. The lowest BCUT2D eigenvalue weighted by molar-refractivity contribution is 0.200. The fourth-order valence-corrected chi connectivity index (χ4v) is 2.18. The van der Waals surface area contributed by atoms with E-state index in [4.69, 9.17) is 5.26 Å². The Kier molecular flexibility index (Phi) is 3.58. The van der Waals surface area contributed by atoms with Gasteiger partial charge in [-0.15, -0.1) is 0 Å². The third kappa shape index (κ3) is 2.84. The second-order valence-corrected chi connectivity index (χ2v) is 4.80. The average molecular weight is 214 g/mol. The van der Waals surface area contributed by atoms with Crippen LogP contribution in [0.1, 0.15) is 30.4 Å². The van der Waals surface area contributed by atoms with Crippen molar-refractivity contribution >= 4 is 0 Å². The number of hydrogen-bond acceptors (Lipinski definition) is 2. The van der Waals surface area contributed by atoms with Gasteiger partial charge in [-0.2, -0.15) is 5.26 Å². The zero-order valence-corrected chi connectivity index (χ0v) is 9.82. The summed E-state index contributed by atoms with van der Waals surface area (Å²) in [7, 11) is 2.18. The number of benzene rings is 1. The molecule has 2 rings (SSSR count). The number of hydrogen-bond donors (Lipinski definition) is 0. The number of nitrogens with zero attached hydrogens (tertiary/aromatic N) is 2. The zero-order chi connectivity index (χ0) is 11.4. The molecule has 0 aromatic heterocycles. The normalized spacial score (nSPS) is 15.8. The number of nitriles is 1. The van der Waals surface area contributed by atoms with E-state index < -0.39 is 0 Å². The fraction of sp³-hybridized carbons (Fsp3) is 0.500. The lowest BCUT2D eigenvalue weighted by Gasteiger charge is -2.30. The van der Waals surface area contributed by atoms with Gasteiger partial charge in [-0.05, 0) is 43.5 Å². The summed E-state index contributed by atoms with van der Waals surface area (Å²) in [5.41, 5.74) is 2.03. The minimum absolute atomic E-state index is 0.741. The summed E-state index contributed by atoms with van der Waals surface area (Å²) in [6, 6.07) is 10.0. The van der Waals surface area contributed by atoms with Gasteiger partial charge in [-0.25, -0.2) is 0 Å². The van der Waals surface area contributed by atoms with E-state index in [9.17, 15) is 0 Å². The van der Waals surface area contributed by atoms with Crippen molar-refractivity contribution in [3.63, 3.8) is 0 Å². The highest BCUT2D eigenvalue weighted by Crippen LogP contribution is 2.27. The van der Waals surface area contributed by atoms with Crippen LogP contribution < -0.4 is 0 Å². The summed E-state index contributed by atoms with van der Waals surface area (Å²) in [5, 5.41) is 8.71. The van der Waals surface area contributed by atoms with Crippen molar-refractivity contribution < 1.29 is 0 Å². The fourth-order valence-electron chi connectivity index (χ4n) is 2.18. The van der Waals surface area contributed by atoms with Crippen LogP contribution >= 0.6 is 0 Å². The van der Waals surface area contributed by atoms with Crippen LogP contribution in [0.3, 0.4) is 0 Å². The molecule has 2 heteroatoms. The molecule has 0 radical (unpaired) electrons. The summed E-state index contributed by atoms with van der Waals surface area (Å²) >= 11 is 0. The Bertz CT molecular complexity index is 371. The summed E-state index contributed by atoms with van der Waals surface area (Å²) in [4.78, 5) is 2.38. The largest absolute Gasteiger partial charge is 0.302 e. The van der Waals surface area contributed by atoms with E-state index in [1.54, 1.807) is 0 Å². The Hall–Kier alpha value is -1.33. The van der Waals surface area contributed by atoms with Crippen molar-refractivity contribution in [3.05, 3.63) is 35.4 Å². The summed E-state index contributed by atoms with van der Waals surface area (Å²) < 4.78 is 0. The summed E-state index contributed by atoms with van der Waals surface area (Å²) in [6.45, 7) is 2.20. The maximum Gasteiger partial charge on any atom is 0.0991 e. The molecule has 0 spiro atoms. The van der Waals surface area contributed by atoms with Crippen molar-refractivity contribution in [2.75, 3.05) is 13.6 Å². The molecule has 1 aromatic carbocycles. The smallest absolute Gasteiger partial charge is 0.0991 e. The van der Waals surface area contributed by atoms with Crippen LogP contribution in [0.25, 0.3) is 0 Å². The molecule has 1 fully saturated rings. The quantitative estimate of drug-likeness (QED) is 0.770. The molecule has 1 saturated carbocycles. The van der Waals surface area contributed by atoms with E-state index in [1.807, 2.05) is 12.1 Å². The molecule has 1 aliphatic carbocycles. The third-order valence-corrected chi connectivity index (χ3v) is 3.33. The van der Waals surface area contributed by atoms with Gasteiger partial charge in [0.15, 0.2) is 0 Å². The predicted octanol–water partition coefficient (Wildman–Crippen LogP) is 2.79. The highest BCUT2D eigenvalue weighted by molar-refractivity contribution is 5.31. The number of rotatable bonds is 4. The lowest BCUT2D eigenvalue weighted by atomic mass is 9.85. The van der Waals surface area contributed by atoms with E-state index >= 15 is 0 Å². The molecule has 0 N–H and O–H groups in total. The summed E-state index contributed by atoms with van der Waals surface area (Å²) in [6.07, 6.45) is 4.21. The molecule has 2 nitrogen and oxygen atoms in total. The van der Waals surface area contributed by atoms with Gasteiger partial charge in [0.25, 0.3) is 0 Å². The SMILES string of the molecule is CN(Cc1ccc(C#N)cc1)CC1CCC1. The maximum absolute atomic E-state index is 8.71. The molecular weight excluding hydrogens is 196 g/mol. The lowest BCUT2D eigenvalue weighted by Crippen LogP contribution is -2.29. The second kappa shape index (κ2) is 5.14. The first-order valence-corrected chi connectivity index (χ1v) is 5.95.